The summed E-state index contributed by atoms with van der Waals surface area (Å²) in [6.07, 6.45) is 4.11. The molecule has 1 saturated carbocycles. The molecule has 19 heavy (non-hydrogen) atoms. The third-order valence-corrected chi connectivity index (χ3v) is 4.89. The summed E-state index contributed by atoms with van der Waals surface area (Å²) < 4.78 is 5.22. The van der Waals surface area contributed by atoms with Crippen LogP contribution in [-0.2, 0) is 9.53 Å². The number of hydrogen-bond donors (Lipinski definition) is 0. The van der Waals surface area contributed by atoms with Crippen molar-refractivity contribution in [2.75, 3.05) is 19.7 Å². The van der Waals surface area contributed by atoms with Crippen LogP contribution in [0.3, 0.4) is 0 Å². The molecule has 0 spiro atoms. The second-order valence-corrected chi connectivity index (χ2v) is 6.04. The molecule has 0 aromatic heterocycles. The average molecular weight is 269 g/mol. The molecule has 1 fully saturated rings. The Morgan fingerprint density at radius 2 is 1.89 bits per heavy atom. The predicted octanol–water partition coefficient (Wildman–Crippen LogP) is 3.48. The number of carbonyl (C=O) groups is 1. The van der Waals surface area contributed by atoms with Crippen LogP contribution >= 0.6 is 0 Å². The van der Waals surface area contributed by atoms with Crippen molar-refractivity contribution in [2.24, 2.45) is 11.8 Å². The van der Waals surface area contributed by atoms with Crippen molar-refractivity contribution in [3.05, 3.63) is 0 Å². The van der Waals surface area contributed by atoms with Gasteiger partial charge in [-0.3, -0.25) is 9.69 Å². The van der Waals surface area contributed by atoms with Gasteiger partial charge in [0.15, 0.2) is 0 Å². The van der Waals surface area contributed by atoms with E-state index in [9.17, 15) is 4.79 Å². The smallest absolute Gasteiger partial charge is 0.307 e. The minimum absolute atomic E-state index is 0.0161. The summed E-state index contributed by atoms with van der Waals surface area (Å²) in [5, 5.41) is 0. The normalized spacial score (nSPS) is 31.5. The zero-order chi connectivity index (χ0) is 14.5. The molecule has 1 rings (SSSR count). The number of rotatable bonds is 6. The van der Waals surface area contributed by atoms with Crippen molar-refractivity contribution in [3.63, 3.8) is 0 Å². The minimum Gasteiger partial charge on any atom is -0.466 e. The highest BCUT2D eigenvalue weighted by Crippen LogP contribution is 2.43. The fourth-order valence-electron chi connectivity index (χ4n) is 3.84. The van der Waals surface area contributed by atoms with Crippen LogP contribution in [0.2, 0.25) is 0 Å². The van der Waals surface area contributed by atoms with E-state index in [1.54, 1.807) is 0 Å². The van der Waals surface area contributed by atoms with Crippen LogP contribution in [0.1, 0.15) is 60.3 Å². The Hall–Kier alpha value is -0.570. The molecule has 3 unspecified atom stereocenters. The Balaban J connectivity index is 2.92. The lowest BCUT2D eigenvalue weighted by Crippen LogP contribution is -2.56. The fourth-order valence-corrected chi connectivity index (χ4v) is 3.84. The lowest BCUT2D eigenvalue weighted by molar-refractivity contribution is -0.149. The number of ether oxygens (including phenoxy) is 1. The molecule has 0 aromatic rings. The van der Waals surface area contributed by atoms with Crippen LogP contribution in [0, 0.1) is 11.8 Å². The average Bonchev–Trinajstić information content (AvgIpc) is 2.35. The van der Waals surface area contributed by atoms with Crippen molar-refractivity contribution < 1.29 is 9.53 Å². The molecule has 0 amide bonds. The van der Waals surface area contributed by atoms with Crippen molar-refractivity contribution in [3.8, 4) is 0 Å². The Bertz CT molecular complexity index is 288. The molecule has 3 nitrogen and oxygen atoms in total. The van der Waals surface area contributed by atoms with Crippen LogP contribution < -0.4 is 0 Å². The van der Waals surface area contributed by atoms with Gasteiger partial charge in [0.25, 0.3) is 0 Å². The zero-order valence-corrected chi connectivity index (χ0v) is 13.4. The Morgan fingerprint density at radius 1 is 1.26 bits per heavy atom. The van der Waals surface area contributed by atoms with Gasteiger partial charge in [-0.15, -0.1) is 0 Å². The third-order valence-electron chi connectivity index (χ3n) is 4.89. The van der Waals surface area contributed by atoms with E-state index < -0.39 is 0 Å². The molecule has 0 bridgehead atoms. The second kappa shape index (κ2) is 7.28. The Morgan fingerprint density at radius 3 is 2.37 bits per heavy atom. The number of nitrogens with zero attached hydrogens (tertiary/aromatic N) is 1. The van der Waals surface area contributed by atoms with Crippen molar-refractivity contribution in [1.82, 2.24) is 4.90 Å². The summed E-state index contributed by atoms with van der Waals surface area (Å²) in [4.78, 5) is 14.5. The van der Waals surface area contributed by atoms with Crippen molar-refractivity contribution >= 4 is 5.97 Å². The maximum atomic E-state index is 12.0. The molecule has 0 radical (unpaired) electrons. The van der Waals surface area contributed by atoms with E-state index in [1.165, 1.54) is 12.8 Å². The van der Waals surface area contributed by atoms with Crippen LogP contribution in [0.5, 0.6) is 0 Å². The van der Waals surface area contributed by atoms with Crippen LogP contribution in [0.4, 0.5) is 0 Å². The number of esters is 1. The van der Waals surface area contributed by atoms with Gasteiger partial charge in [0, 0.05) is 5.54 Å². The van der Waals surface area contributed by atoms with E-state index in [0.717, 1.165) is 25.4 Å². The summed E-state index contributed by atoms with van der Waals surface area (Å²) in [5.74, 6) is 1.30. The highest BCUT2D eigenvalue weighted by atomic mass is 16.5. The van der Waals surface area contributed by atoms with Crippen LogP contribution in [0.15, 0.2) is 0 Å². The van der Waals surface area contributed by atoms with Gasteiger partial charge in [-0.2, -0.15) is 0 Å². The van der Waals surface area contributed by atoms with Crippen molar-refractivity contribution in [1.29, 1.82) is 0 Å². The summed E-state index contributed by atoms with van der Waals surface area (Å²) in [7, 11) is 0. The van der Waals surface area contributed by atoms with Crippen LogP contribution in [-0.4, -0.2) is 36.1 Å². The van der Waals surface area contributed by atoms with Gasteiger partial charge in [0.1, 0.15) is 0 Å². The monoisotopic (exact) mass is 269 g/mol. The van der Waals surface area contributed by atoms with Gasteiger partial charge in [-0.1, -0.05) is 27.7 Å². The van der Waals surface area contributed by atoms with E-state index in [1.807, 2.05) is 6.92 Å². The maximum Gasteiger partial charge on any atom is 0.307 e. The molecule has 112 valence electrons. The first-order chi connectivity index (χ1) is 9.00. The van der Waals surface area contributed by atoms with E-state index in [-0.39, 0.29) is 11.5 Å². The highest BCUT2D eigenvalue weighted by Gasteiger charge is 2.45. The molecule has 0 heterocycles. The summed E-state index contributed by atoms with van der Waals surface area (Å²) in [6.45, 7) is 13.4. The van der Waals surface area contributed by atoms with E-state index in [2.05, 4.69) is 32.6 Å². The zero-order valence-electron chi connectivity index (χ0n) is 13.4. The van der Waals surface area contributed by atoms with E-state index in [0.29, 0.717) is 18.9 Å². The molecule has 3 atom stereocenters. The molecule has 0 saturated heterocycles. The fraction of sp³-hybridized carbons (Fsp3) is 0.938. The molecule has 0 aliphatic heterocycles. The SMILES string of the molecule is CCOC(=O)CC1(N(CC)CC)CCC(C)CC1C. The second-order valence-electron chi connectivity index (χ2n) is 6.04. The molecular weight excluding hydrogens is 238 g/mol. The molecule has 3 heteroatoms. The molecular formula is C16H31NO2. The largest absolute Gasteiger partial charge is 0.466 e. The quantitative estimate of drug-likeness (QED) is 0.691. The number of hydrogen-bond acceptors (Lipinski definition) is 3. The topological polar surface area (TPSA) is 29.5 Å². The molecule has 0 N–H and O–H groups in total. The molecule has 1 aliphatic rings. The molecule has 1 aliphatic carbocycles. The maximum absolute atomic E-state index is 12.0. The lowest BCUT2D eigenvalue weighted by atomic mass is 9.67. The highest BCUT2D eigenvalue weighted by molar-refractivity contribution is 5.71. The van der Waals surface area contributed by atoms with E-state index >= 15 is 0 Å². The van der Waals surface area contributed by atoms with Crippen LogP contribution in [0.25, 0.3) is 0 Å². The molecule has 0 aromatic carbocycles. The first-order valence-corrected chi connectivity index (χ1v) is 7.90. The number of carbonyl (C=O) groups excluding carboxylic acids is 1. The van der Waals surface area contributed by atoms with Gasteiger partial charge in [0.2, 0.25) is 0 Å². The van der Waals surface area contributed by atoms with Crippen molar-refractivity contribution in [2.45, 2.75) is 65.8 Å². The summed E-state index contributed by atoms with van der Waals surface area (Å²) in [5.41, 5.74) is 0.0161. The first kappa shape index (κ1) is 16.5. The van der Waals surface area contributed by atoms with Gasteiger partial charge in [-0.25, -0.2) is 0 Å². The van der Waals surface area contributed by atoms with Gasteiger partial charge >= 0.3 is 5.97 Å². The Kier molecular flexibility index (Phi) is 6.31. The lowest BCUT2D eigenvalue weighted by Gasteiger charge is -2.51. The third kappa shape index (κ3) is 3.71. The summed E-state index contributed by atoms with van der Waals surface area (Å²) >= 11 is 0. The minimum atomic E-state index is -0.0317. The Labute approximate surface area is 118 Å². The summed E-state index contributed by atoms with van der Waals surface area (Å²) in [6, 6.07) is 0. The van der Waals surface area contributed by atoms with Gasteiger partial charge < -0.3 is 4.74 Å². The predicted molar refractivity (Wildman–Crippen MR) is 79.1 cm³/mol. The van der Waals surface area contributed by atoms with Gasteiger partial charge in [0.05, 0.1) is 13.0 Å². The first-order valence-electron chi connectivity index (χ1n) is 7.90. The van der Waals surface area contributed by atoms with Gasteiger partial charge in [-0.05, 0) is 51.1 Å². The van der Waals surface area contributed by atoms with E-state index in [4.69, 9.17) is 4.74 Å². The standard InChI is InChI=1S/C16H31NO2/c1-6-17(7-2)16(12-15(18)19-8-3)10-9-13(4)11-14(16)5/h13-14H,6-12H2,1-5H3.